The van der Waals surface area contributed by atoms with E-state index in [-0.39, 0.29) is 6.04 Å². The van der Waals surface area contributed by atoms with Crippen LogP contribution in [0.4, 0.5) is 0 Å². The number of nitrogens with two attached hydrogens (primary N) is 1. The van der Waals surface area contributed by atoms with Crippen molar-refractivity contribution in [2.75, 3.05) is 6.61 Å². The highest BCUT2D eigenvalue weighted by Crippen LogP contribution is 2.26. The Kier molecular flexibility index (Phi) is 4.39. The lowest BCUT2D eigenvalue weighted by atomic mass is 9.97. The summed E-state index contributed by atoms with van der Waals surface area (Å²) < 4.78 is 6.77. The van der Waals surface area contributed by atoms with Crippen molar-refractivity contribution in [1.82, 2.24) is 0 Å². The number of benzene rings is 2. The maximum atomic E-state index is 6.33. The van der Waals surface area contributed by atoms with Crippen molar-refractivity contribution in [3.05, 3.63) is 46.4 Å². The lowest BCUT2D eigenvalue weighted by Gasteiger charge is -2.15. The first-order valence-corrected chi connectivity index (χ1v) is 8.08. The molecular weight excluding hydrogens is 314 g/mol. The highest BCUT2D eigenvalue weighted by Gasteiger charge is 2.17. The number of ether oxygens (including phenoxy) is 1. The average molecular weight is 334 g/mol. The van der Waals surface area contributed by atoms with Crippen molar-refractivity contribution in [3.8, 4) is 0 Å². The molecule has 1 fully saturated rings. The zero-order valence-electron chi connectivity index (χ0n) is 11.5. The summed E-state index contributed by atoms with van der Waals surface area (Å²) >= 11 is 3.50. The van der Waals surface area contributed by atoms with Gasteiger partial charge in [0.1, 0.15) is 0 Å². The molecular formula is C17H20BrNO. The predicted molar refractivity (Wildman–Crippen MR) is 86.8 cm³/mol. The molecule has 106 valence electrons. The second kappa shape index (κ2) is 6.25. The van der Waals surface area contributed by atoms with E-state index in [2.05, 4.69) is 52.3 Å². The van der Waals surface area contributed by atoms with Gasteiger partial charge in [0.05, 0.1) is 6.10 Å². The molecule has 3 heteroatoms. The fourth-order valence-corrected chi connectivity index (χ4v) is 3.25. The maximum Gasteiger partial charge on any atom is 0.0576 e. The van der Waals surface area contributed by atoms with E-state index in [4.69, 9.17) is 10.5 Å². The van der Waals surface area contributed by atoms with Gasteiger partial charge < -0.3 is 10.5 Å². The standard InChI is InChI=1S/C17H20BrNO/c18-15-6-5-12-10-14(4-3-13(12)11-15)17(19)8-7-16-2-1-9-20-16/h3-6,10-11,16-17H,1-2,7-9,19H2. The number of halogens is 1. The van der Waals surface area contributed by atoms with Crippen LogP contribution in [0, 0.1) is 0 Å². The summed E-state index contributed by atoms with van der Waals surface area (Å²) in [6.07, 6.45) is 4.88. The zero-order valence-corrected chi connectivity index (χ0v) is 13.1. The van der Waals surface area contributed by atoms with E-state index in [1.54, 1.807) is 0 Å². The summed E-state index contributed by atoms with van der Waals surface area (Å²) in [6, 6.07) is 13.0. The quantitative estimate of drug-likeness (QED) is 0.889. The van der Waals surface area contributed by atoms with Gasteiger partial charge in [-0.3, -0.25) is 0 Å². The monoisotopic (exact) mass is 333 g/mol. The van der Waals surface area contributed by atoms with E-state index in [0.29, 0.717) is 6.10 Å². The molecule has 1 aliphatic heterocycles. The van der Waals surface area contributed by atoms with Crippen LogP contribution in [0.5, 0.6) is 0 Å². The van der Waals surface area contributed by atoms with Crippen LogP contribution < -0.4 is 5.73 Å². The van der Waals surface area contributed by atoms with E-state index in [9.17, 15) is 0 Å². The number of rotatable bonds is 4. The van der Waals surface area contributed by atoms with Crippen LogP contribution in [-0.4, -0.2) is 12.7 Å². The lowest BCUT2D eigenvalue weighted by Crippen LogP contribution is -2.14. The van der Waals surface area contributed by atoms with Gasteiger partial charge in [-0.15, -0.1) is 0 Å². The molecule has 20 heavy (non-hydrogen) atoms. The van der Waals surface area contributed by atoms with Gasteiger partial charge in [-0.1, -0.05) is 34.1 Å². The highest BCUT2D eigenvalue weighted by atomic mass is 79.9. The van der Waals surface area contributed by atoms with Crippen molar-refractivity contribution in [3.63, 3.8) is 0 Å². The van der Waals surface area contributed by atoms with Gasteiger partial charge >= 0.3 is 0 Å². The van der Waals surface area contributed by atoms with Crippen molar-refractivity contribution >= 4 is 26.7 Å². The second-order valence-corrected chi connectivity index (χ2v) is 6.49. The van der Waals surface area contributed by atoms with Crippen LogP contribution in [0.3, 0.4) is 0 Å². The molecule has 0 amide bonds. The van der Waals surface area contributed by atoms with Gasteiger partial charge in [-0.2, -0.15) is 0 Å². The Balaban J connectivity index is 1.70. The molecule has 0 aliphatic carbocycles. The van der Waals surface area contributed by atoms with Crippen molar-refractivity contribution in [2.45, 2.75) is 37.8 Å². The summed E-state index contributed by atoms with van der Waals surface area (Å²) in [4.78, 5) is 0. The first kappa shape index (κ1) is 14.1. The molecule has 2 N–H and O–H groups in total. The first-order chi connectivity index (χ1) is 9.72. The Hall–Kier alpha value is -0.900. The Morgan fingerprint density at radius 2 is 2.00 bits per heavy atom. The molecule has 1 saturated heterocycles. The largest absolute Gasteiger partial charge is 0.378 e. The number of hydrogen-bond donors (Lipinski definition) is 1. The average Bonchev–Trinajstić information content (AvgIpc) is 2.97. The van der Waals surface area contributed by atoms with Gasteiger partial charge in [-0.25, -0.2) is 0 Å². The predicted octanol–water partition coefficient (Wildman–Crippen LogP) is 4.56. The Labute approximate surface area is 128 Å². The normalized spacial score (nSPS) is 20.4. The van der Waals surface area contributed by atoms with Crippen LogP contribution in [-0.2, 0) is 4.74 Å². The first-order valence-electron chi connectivity index (χ1n) is 7.29. The molecule has 0 bridgehead atoms. The van der Waals surface area contributed by atoms with Crippen LogP contribution >= 0.6 is 15.9 Å². The zero-order chi connectivity index (χ0) is 13.9. The second-order valence-electron chi connectivity index (χ2n) is 5.57. The molecule has 3 rings (SSSR count). The lowest BCUT2D eigenvalue weighted by molar-refractivity contribution is 0.101. The summed E-state index contributed by atoms with van der Waals surface area (Å²) in [5, 5.41) is 2.49. The highest BCUT2D eigenvalue weighted by molar-refractivity contribution is 9.10. The third kappa shape index (κ3) is 3.22. The van der Waals surface area contributed by atoms with Crippen molar-refractivity contribution < 1.29 is 4.74 Å². The summed E-state index contributed by atoms with van der Waals surface area (Å²) in [7, 11) is 0. The minimum Gasteiger partial charge on any atom is -0.378 e. The van der Waals surface area contributed by atoms with Gasteiger partial charge in [-0.05, 0) is 60.2 Å². The van der Waals surface area contributed by atoms with Crippen LogP contribution in [0.2, 0.25) is 0 Å². The Morgan fingerprint density at radius 3 is 2.80 bits per heavy atom. The molecule has 1 aliphatic rings. The molecule has 0 spiro atoms. The fraction of sp³-hybridized carbons (Fsp3) is 0.412. The molecule has 2 atom stereocenters. The van der Waals surface area contributed by atoms with E-state index in [1.165, 1.54) is 29.2 Å². The van der Waals surface area contributed by atoms with Crippen LogP contribution in [0.1, 0.15) is 37.3 Å². The van der Waals surface area contributed by atoms with Gasteiger partial charge in [0, 0.05) is 17.1 Å². The minimum atomic E-state index is 0.104. The van der Waals surface area contributed by atoms with Crippen LogP contribution in [0.15, 0.2) is 40.9 Å². The van der Waals surface area contributed by atoms with Gasteiger partial charge in [0.25, 0.3) is 0 Å². The van der Waals surface area contributed by atoms with E-state index in [0.717, 1.165) is 23.9 Å². The van der Waals surface area contributed by atoms with E-state index in [1.807, 2.05) is 0 Å². The third-order valence-electron chi connectivity index (χ3n) is 4.08. The van der Waals surface area contributed by atoms with Gasteiger partial charge in [0.15, 0.2) is 0 Å². The molecule has 0 radical (unpaired) electrons. The van der Waals surface area contributed by atoms with Crippen molar-refractivity contribution in [2.24, 2.45) is 5.73 Å². The minimum absolute atomic E-state index is 0.104. The summed E-state index contributed by atoms with van der Waals surface area (Å²) in [5.74, 6) is 0. The molecule has 2 aromatic carbocycles. The topological polar surface area (TPSA) is 35.2 Å². The Bertz CT molecular complexity index is 593. The summed E-state index contributed by atoms with van der Waals surface area (Å²) in [5.41, 5.74) is 7.55. The summed E-state index contributed by atoms with van der Waals surface area (Å²) in [6.45, 7) is 0.921. The van der Waals surface area contributed by atoms with Crippen molar-refractivity contribution in [1.29, 1.82) is 0 Å². The molecule has 1 heterocycles. The number of hydrogen-bond acceptors (Lipinski definition) is 2. The smallest absolute Gasteiger partial charge is 0.0576 e. The molecule has 0 aromatic heterocycles. The fourth-order valence-electron chi connectivity index (χ4n) is 2.87. The van der Waals surface area contributed by atoms with Crippen LogP contribution in [0.25, 0.3) is 10.8 Å². The molecule has 2 aromatic rings. The van der Waals surface area contributed by atoms with E-state index < -0.39 is 0 Å². The molecule has 0 saturated carbocycles. The van der Waals surface area contributed by atoms with E-state index >= 15 is 0 Å². The molecule has 2 unspecified atom stereocenters. The third-order valence-corrected chi connectivity index (χ3v) is 4.57. The SMILES string of the molecule is NC(CCC1CCCO1)c1ccc2cc(Br)ccc2c1. The maximum absolute atomic E-state index is 6.33. The Morgan fingerprint density at radius 1 is 1.20 bits per heavy atom. The van der Waals surface area contributed by atoms with Gasteiger partial charge in [0.2, 0.25) is 0 Å². The number of fused-ring (bicyclic) bond motifs is 1. The molecule has 2 nitrogen and oxygen atoms in total.